The average Bonchev–Trinajstić information content (AvgIpc) is 2.71. The molecule has 6 nitrogen and oxygen atoms in total. The Bertz CT molecular complexity index is 723. The van der Waals surface area contributed by atoms with Gasteiger partial charge in [0.2, 0.25) is 0 Å². The first-order chi connectivity index (χ1) is 9.31. The summed E-state index contributed by atoms with van der Waals surface area (Å²) in [4.78, 5) is 3.68. The number of nitrogen functional groups attached to an aromatic ring is 1. The molecule has 0 radical (unpaired) electrons. The minimum atomic E-state index is -3.89. The van der Waals surface area contributed by atoms with Gasteiger partial charge in [-0.3, -0.25) is 0 Å². The highest BCUT2D eigenvalue weighted by Gasteiger charge is 2.22. The Kier molecular flexibility index (Phi) is 3.73. The fourth-order valence-corrected chi connectivity index (χ4v) is 2.91. The smallest absolute Gasteiger partial charge is 0.260 e. The fraction of sp³-hybridized carbons (Fsp3) is 0.182. The van der Waals surface area contributed by atoms with Crippen molar-refractivity contribution in [3.63, 3.8) is 0 Å². The largest absolute Gasteiger partial charge is 0.381 e. The Morgan fingerprint density at radius 2 is 2.05 bits per heavy atom. The second-order valence-electron chi connectivity index (χ2n) is 4.12. The van der Waals surface area contributed by atoms with Crippen molar-refractivity contribution >= 4 is 15.8 Å². The number of anilines is 1. The summed E-state index contributed by atoms with van der Waals surface area (Å²) < 4.78 is 53.4. The van der Waals surface area contributed by atoms with Gasteiger partial charge in [-0.2, -0.15) is 0 Å². The molecule has 0 saturated carbocycles. The number of aryl methyl sites for hydroxylation is 1. The number of imidazole rings is 1. The van der Waals surface area contributed by atoms with Gasteiger partial charge >= 0.3 is 0 Å². The molecule has 0 spiro atoms. The molecule has 2 aromatic rings. The van der Waals surface area contributed by atoms with Crippen LogP contribution >= 0.6 is 0 Å². The standard InChI is InChI=1S/C11H12F2N4O2S/c1-17-6-15-10(14)11(17)20(18,19)16-5-7-2-3-8(12)9(13)4-7/h2-4,6,16H,5,14H2,1H3. The van der Waals surface area contributed by atoms with E-state index >= 15 is 0 Å². The first kappa shape index (κ1) is 14.4. The van der Waals surface area contributed by atoms with E-state index in [1.54, 1.807) is 0 Å². The summed E-state index contributed by atoms with van der Waals surface area (Å²) in [5.41, 5.74) is 5.77. The molecule has 0 fully saturated rings. The summed E-state index contributed by atoms with van der Waals surface area (Å²) in [6, 6.07) is 3.13. The number of hydrogen-bond acceptors (Lipinski definition) is 4. The highest BCUT2D eigenvalue weighted by atomic mass is 32.2. The number of hydrogen-bond donors (Lipinski definition) is 2. The van der Waals surface area contributed by atoms with E-state index in [4.69, 9.17) is 5.73 Å². The summed E-state index contributed by atoms with van der Waals surface area (Å²) in [7, 11) is -2.41. The van der Waals surface area contributed by atoms with E-state index in [0.29, 0.717) is 0 Å². The van der Waals surface area contributed by atoms with Crippen molar-refractivity contribution < 1.29 is 17.2 Å². The molecule has 1 aromatic heterocycles. The molecule has 3 N–H and O–H groups in total. The lowest BCUT2D eigenvalue weighted by Crippen LogP contribution is -2.26. The predicted molar refractivity (Wildman–Crippen MR) is 68.0 cm³/mol. The molecule has 0 unspecified atom stereocenters. The minimum Gasteiger partial charge on any atom is -0.381 e. The van der Waals surface area contributed by atoms with Crippen LogP contribution < -0.4 is 10.5 Å². The van der Waals surface area contributed by atoms with Crippen molar-refractivity contribution in [2.75, 3.05) is 5.73 Å². The van der Waals surface area contributed by atoms with Gasteiger partial charge in [0.25, 0.3) is 10.0 Å². The third-order valence-corrected chi connectivity index (χ3v) is 4.14. The molecule has 0 saturated heterocycles. The Hall–Kier alpha value is -2.00. The van der Waals surface area contributed by atoms with Crippen LogP contribution in [0.15, 0.2) is 29.6 Å². The zero-order chi connectivity index (χ0) is 14.9. The predicted octanol–water partition coefficient (Wildman–Crippen LogP) is 0.759. The molecule has 0 aliphatic rings. The monoisotopic (exact) mass is 302 g/mol. The summed E-state index contributed by atoms with van der Waals surface area (Å²) in [5.74, 6) is -2.17. The zero-order valence-corrected chi connectivity index (χ0v) is 11.3. The van der Waals surface area contributed by atoms with E-state index < -0.39 is 21.7 Å². The van der Waals surface area contributed by atoms with Crippen LogP contribution in [0.5, 0.6) is 0 Å². The van der Waals surface area contributed by atoms with Crippen LogP contribution in [-0.4, -0.2) is 18.0 Å². The van der Waals surface area contributed by atoms with Gasteiger partial charge in [-0.25, -0.2) is 26.9 Å². The fourth-order valence-electron chi connectivity index (χ4n) is 1.66. The maximum absolute atomic E-state index is 13.0. The van der Waals surface area contributed by atoms with Gasteiger partial charge in [0.1, 0.15) is 0 Å². The quantitative estimate of drug-likeness (QED) is 0.872. The van der Waals surface area contributed by atoms with Crippen molar-refractivity contribution in [3.05, 3.63) is 41.7 Å². The molecule has 108 valence electrons. The number of nitrogens with two attached hydrogens (primary N) is 1. The van der Waals surface area contributed by atoms with Gasteiger partial charge < -0.3 is 10.3 Å². The highest BCUT2D eigenvalue weighted by molar-refractivity contribution is 7.89. The van der Waals surface area contributed by atoms with Gasteiger partial charge in [-0.1, -0.05) is 6.07 Å². The third kappa shape index (κ3) is 2.78. The lowest BCUT2D eigenvalue weighted by molar-refractivity contribution is 0.506. The number of halogens is 2. The van der Waals surface area contributed by atoms with Crippen LogP contribution in [0.1, 0.15) is 5.56 Å². The zero-order valence-electron chi connectivity index (χ0n) is 10.5. The van der Waals surface area contributed by atoms with Crippen molar-refractivity contribution in [1.29, 1.82) is 0 Å². The lowest BCUT2D eigenvalue weighted by atomic mass is 10.2. The van der Waals surface area contributed by atoms with Gasteiger partial charge in [0.15, 0.2) is 22.5 Å². The topological polar surface area (TPSA) is 90.0 Å². The van der Waals surface area contributed by atoms with Gasteiger partial charge in [0, 0.05) is 13.6 Å². The van der Waals surface area contributed by atoms with Gasteiger partial charge in [0.05, 0.1) is 6.33 Å². The molecule has 0 amide bonds. The van der Waals surface area contributed by atoms with E-state index in [0.717, 1.165) is 12.1 Å². The van der Waals surface area contributed by atoms with Gasteiger partial charge in [-0.05, 0) is 17.7 Å². The SMILES string of the molecule is Cn1cnc(N)c1S(=O)(=O)NCc1ccc(F)c(F)c1. The van der Waals surface area contributed by atoms with Crippen molar-refractivity contribution in [2.24, 2.45) is 7.05 Å². The number of sulfonamides is 1. The Morgan fingerprint density at radius 1 is 1.35 bits per heavy atom. The van der Waals surface area contributed by atoms with Crippen LogP contribution in [0.4, 0.5) is 14.6 Å². The third-order valence-electron chi connectivity index (χ3n) is 2.61. The molecule has 9 heteroatoms. The number of nitrogens with one attached hydrogen (secondary N) is 1. The molecule has 20 heavy (non-hydrogen) atoms. The van der Waals surface area contributed by atoms with E-state index in [1.165, 1.54) is 24.0 Å². The van der Waals surface area contributed by atoms with Crippen molar-refractivity contribution in [3.8, 4) is 0 Å². The molecule has 0 atom stereocenters. The minimum absolute atomic E-state index is 0.134. The first-order valence-corrected chi connectivity index (χ1v) is 7.00. The summed E-state index contributed by atoms with van der Waals surface area (Å²) in [5, 5.41) is -0.180. The number of nitrogens with zero attached hydrogens (tertiary/aromatic N) is 2. The molecular formula is C11H12F2N4O2S. The lowest BCUT2D eigenvalue weighted by Gasteiger charge is -2.08. The Labute approximate surface area is 114 Å². The number of benzene rings is 1. The van der Waals surface area contributed by atoms with Gasteiger partial charge in [-0.15, -0.1) is 0 Å². The van der Waals surface area contributed by atoms with Crippen molar-refractivity contribution in [2.45, 2.75) is 11.6 Å². The normalized spacial score (nSPS) is 11.8. The van der Waals surface area contributed by atoms with E-state index in [-0.39, 0.29) is 23.0 Å². The summed E-state index contributed by atoms with van der Waals surface area (Å²) in [6.07, 6.45) is 1.27. The molecular weight excluding hydrogens is 290 g/mol. The maximum atomic E-state index is 13.0. The van der Waals surface area contributed by atoms with E-state index in [2.05, 4.69) is 9.71 Å². The molecule has 0 aliphatic heterocycles. The number of aromatic nitrogens is 2. The first-order valence-electron chi connectivity index (χ1n) is 5.51. The molecule has 2 rings (SSSR count). The van der Waals surface area contributed by atoms with Crippen LogP contribution in [0.3, 0.4) is 0 Å². The van der Waals surface area contributed by atoms with Crippen molar-refractivity contribution in [1.82, 2.24) is 14.3 Å². The molecule has 1 aromatic carbocycles. The van der Waals surface area contributed by atoms with Crippen LogP contribution in [0, 0.1) is 11.6 Å². The maximum Gasteiger partial charge on any atom is 0.260 e. The highest BCUT2D eigenvalue weighted by Crippen LogP contribution is 2.16. The van der Waals surface area contributed by atoms with E-state index in [1.807, 2.05) is 0 Å². The van der Waals surface area contributed by atoms with E-state index in [9.17, 15) is 17.2 Å². The summed E-state index contributed by atoms with van der Waals surface area (Å²) in [6.45, 7) is -0.190. The summed E-state index contributed by atoms with van der Waals surface area (Å²) >= 11 is 0. The second-order valence-corrected chi connectivity index (χ2v) is 5.80. The Morgan fingerprint density at radius 3 is 2.60 bits per heavy atom. The second kappa shape index (κ2) is 5.17. The van der Waals surface area contributed by atoms with Crippen LogP contribution in [0.2, 0.25) is 0 Å². The number of rotatable bonds is 4. The van der Waals surface area contributed by atoms with Crippen LogP contribution in [0.25, 0.3) is 0 Å². The van der Waals surface area contributed by atoms with Crippen LogP contribution in [-0.2, 0) is 23.6 Å². The molecule has 0 bridgehead atoms. The molecule has 1 heterocycles. The average molecular weight is 302 g/mol. The Balaban J connectivity index is 2.19. The molecule has 0 aliphatic carbocycles.